The van der Waals surface area contributed by atoms with Crippen molar-refractivity contribution in [3.63, 3.8) is 0 Å². The zero-order valence-corrected chi connectivity index (χ0v) is 9.52. The molecule has 1 saturated heterocycles. The fourth-order valence-electron chi connectivity index (χ4n) is 2.12. The van der Waals surface area contributed by atoms with Gasteiger partial charge in [0.25, 0.3) is 0 Å². The number of carbonyl (C=O) groups excluding carboxylic acids is 1. The number of amides is 1. The summed E-state index contributed by atoms with van der Waals surface area (Å²) in [5.74, 6) is 0.0796. The Kier molecular flexibility index (Phi) is 3.24. The molecule has 1 aliphatic rings. The summed E-state index contributed by atoms with van der Waals surface area (Å²) < 4.78 is 1.93. The first kappa shape index (κ1) is 11.1. The summed E-state index contributed by atoms with van der Waals surface area (Å²) in [7, 11) is 0. The van der Waals surface area contributed by atoms with Gasteiger partial charge in [0.2, 0.25) is 5.91 Å². The zero-order valence-electron chi connectivity index (χ0n) is 9.52. The van der Waals surface area contributed by atoms with E-state index in [-0.39, 0.29) is 18.0 Å². The molecule has 1 fully saturated rings. The third-order valence-corrected chi connectivity index (χ3v) is 2.95. The standard InChI is InChI=1S/C11H18N4O/c1-2-7-15-9(5-6-13-15)11-8(12)3-4-10(16)14-11/h5-6,8,11H,2-4,7,12H2,1H3,(H,14,16). The number of rotatable bonds is 3. The highest BCUT2D eigenvalue weighted by molar-refractivity contribution is 5.77. The molecule has 1 aliphatic heterocycles. The SMILES string of the molecule is CCCn1nccc1C1NC(=O)CCC1N. The van der Waals surface area contributed by atoms with Crippen molar-refractivity contribution in [2.24, 2.45) is 5.73 Å². The van der Waals surface area contributed by atoms with E-state index in [2.05, 4.69) is 17.3 Å². The normalized spacial score (nSPS) is 25.5. The Morgan fingerprint density at radius 1 is 1.69 bits per heavy atom. The molecule has 0 radical (unpaired) electrons. The Hall–Kier alpha value is -1.36. The molecule has 2 unspecified atom stereocenters. The highest BCUT2D eigenvalue weighted by atomic mass is 16.1. The minimum atomic E-state index is -0.0877. The van der Waals surface area contributed by atoms with E-state index >= 15 is 0 Å². The van der Waals surface area contributed by atoms with Crippen LogP contribution in [-0.4, -0.2) is 21.7 Å². The van der Waals surface area contributed by atoms with E-state index in [1.54, 1.807) is 6.20 Å². The first-order valence-electron chi connectivity index (χ1n) is 5.79. The van der Waals surface area contributed by atoms with E-state index in [9.17, 15) is 4.79 Å². The summed E-state index contributed by atoms with van der Waals surface area (Å²) in [6, 6.07) is 1.84. The number of piperidine rings is 1. The summed E-state index contributed by atoms with van der Waals surface area (Å²) in [4.78, 5) is 11.4. The number of hydrogen-bond donors (Lipinski definition) is 2. The predicted molar refractivity (Wildman–Crippen MR) is 60.6 cm³/mol. The number of aryl methyl sites for hydroxylation is 1. The lowest BCUT2D eigenvalue weighted by atomic mass is 9.96. The smallest absolute Gasteiger partial charge is 0.220 e. The topological polar surface area (TPSA) is 72.9 Å². The highest BCUT2D eigenvalue weighted by Gasteiger charge is 2.29. The van der Waals surface area contributed by atoms with Gasteiger partial charge in [0.05, 0.1) is 11.7 Å². The van der Waals surface area contributed by atoms with Gasteiger partial charge in [-0.25, -0.2) is 0 Å². The second-order valence-corrected chi connectivity index (χ2v) is 4.23. The fraction of sp³-hybridized carbons (Fsp3) is 0.636. The zero-order chi connectivity index (χ0) is 11.5. The molecule has 1 aromatic rings. The van der Waals surface area contributed by atoms with E-state index in [4.69, 9.17) is 5.73 Å². The van der Waals surface area contributed by atoms with Gasteiger partial charge in [-0.3, -0.25) is 9.48 Å². The largest absolute Gasteiger partial charge is 0.346 e. The van der Waals surface area contributed by atoms with Crippen LogP contribution in [0.1, 0.15) is 37.9 Å². The Morgan fingerprint density at radius 3 is 3.25 bits per heavy atom. The van der Waals surface area contributed by atoms with E-state index in [0.717, 1.165) is 25.1 Å². The van der Waals surface area contributed by atoms with Crippen LogP contribution in [0.3, 0.4) is 0 Å². The summed E-state index contributed by atoms with van der Waals surface area (Å²) >= 11 is 0. The first-order valence-corrected chi connectivity index (χ1v) is 5.79. The number of carbonyl (C=O) groups is 1. The van der Waals surface area contributed by atoms with Crippen molar-refractivity contribution < 1.29 is 4.79 Å². The van der Waals surface area contributed by atoms with E-state index < -0.39 is 0 Å². The van der Waals surface area contributed by atoms with Crippen molar-refractivity contribution >= 4 is 5.91 Å². The minimum Gasteiger partial charge on any atom is -0.346 e. The van der Waals surface area contributed by atoms with Crippen LogP contribution in [0, 0.1) is 0 Å². The molecule has 1 aromatic heterocycles. The van der Waals surface area contributed by atoms with Crippen LogP contribution in [-0.2, 0) is 11.3 Å². The third kappa shape index (κ3) is 2.09. The number of nitrogens with zero attached hydrogens (tertiary/aromatic N) is 2. The van der Waals surface area contributed by atoms with Crippen molar-refractivity contribution in [3.05, 3.63) is 18.0 Å². The first-order chi connectivity index (χ1) is 7.72. The van der Waals surface area contributed by atoms with Gasteiger partial charge in [0.15, 0.2) is 0 Å². The molecular weight excluding hydrogens is 204 g/mol. The molecule has 0 aromatic carbocycles. The second-order valence-electron chi connectivity index (χ2n) is 4.23. The maximum atomic E-state index is 11.4. The predicted octanol–water partition coefficient (Wildman–Crippen LogP) is 0.572. The Morgan fingerprint density at radius 2 is 2.50 bits per heavy atom. The molecule has 2 atom stereocenters. The molecular formula is C11H18N4O. The van der Waals surface area contributed by atoms with Crippen LogP contribution in [0.2, 0.25) is 0 Å². The van der Waals surface area contributed by atoms with Crippen molar-refractivity contribution in [2.75, 3.05) is 0 Å². The number of nitrogens with one attached hydrogen (secondary N) is 1. The molecule has 88 valence electrons. The molecule has 5 nitrogen and oxygen atoms in total. The van der Waals surface area contributed by atoms with Gasteiger partial charge in [-0.15, -0.1) is 0 Å². The molecule has 1 amide bonds. The summed E-state index contributed by atoms with van der Waals surface area (Å²) in [5, 5.41) is 7.19. The van der Waals surface area contributed by atoms with E-state index in [1.165, 1.54) is 0 Å². The molecule has 5 heteroatoms. The fourth-order valence-corrected chi connectivity index (χ4v) is 2.12. The molecule has 16 heavy (non-hydrogen) atoms. The molecule has 2 heterocycles. The molecule has 0 aliphatic carbocycles. The minimum absolute atomic E-state index is 0.00925. The lowest BCUT2D eigenvalue weighted by Crippen LogP contribution is -2.46. The second kappa shape index (κ2) is 4.65. The lowest BCUT2D eigenvalue weighted by molar-refractivity contribution is -0.123. The average Bonchev–Trinajstić information content (AvgIpc) is 2.70. The molecule has 2 rings (SSSR count). The van der Waals surface area contributed by atoms with Gasteiger partial charge in [0.1, 0.15) is 0 Å². The van der Waals surface area contributed by atoms with Crippen LogP contribution in [0.4, 0.5) is 0 Å². The quantitative estimate of drug-likeness (QED) is 0.785. The maximum absolute atomic E-state index is 11.4. The maximum Gasteiger partial charge on any atom is 0.220 e. The molecule has 3 N–H and O–H groups in total. The highest BCUT2D eigenvalue weighted by Crippen LogP contribution is 2.22. The van der Waals surface area contributed by atoms with Gasteiger partial charge in [-0.2, -0.15) is 5.10 Å². The van der Waals surface area contributed by atoms with Crippen LogP contribution in [0.5, 0.6) is 0 Å². The van der Waals surface area contributed by atoms with Crippen molar-refractivity contribution in [3.8, 4) is 0 Å². The Bertz CT molecular complexity index is 374. The van der Waals surface area contributed by atoms with E-state index in [0.29, 0.717) is 6.42 Å². The summed E-state index contributed by atoms with van der Waals surface area (Å²) in [6.07, 6.45) is 4.05. The lowest BCUT2D eigenvalue weighted by Gasteiger charge is -2.29. The van der Waals surface area contributed by atoms with Crippen molar-refractivity contribution in [1.82, 2.24) is 15.1 Å². The van der Waals surface area contributed by atoms with Crippen LogP contribution < -0.4 is 11.1 Å². The van der Waals surface area contributed by atoms with Gasteiger partial charge in [-0.1, -0.05) is 6.92 Å². The number of aromatic nitrogens is 2. The summed E-state index contributed by atoms with van der Waals surface area (Å²) in [6.45, 7) is 2.96. The molecule has 0 bridgehead atoms. The van der Waals surface area contributed by atoms with Gasteiger partial charge >= 0.3 is 0 Å². The van der Waals surface area contributed by atoms with Gasteiger partial charge in [-0.05, 0) is 18.9 Å². The van der Waals surface area contributed by atoms with E-state index in [1.807, 2.05) is 10.7 Å². The Labute approximate surface area is 95.0 Å². The van der Waals surface area contributed by atoms with Crippen LogP contribution in [0.25, 0.3) is 0 Å². The monoisotopic (exact) mass is 222 g/mol. The van der Waals surface area contributed by atoms with Gasteiger partial charge in [0, 0.05) is 25.2 Å². The van der Waals surface area contributed by atoms with Crippen molar-refractivity contribution in [1.29, 1.82) is 0 Å². The van der Waals surface area contributed by atoms with Crippen molar-refractivity contribution in [2.45, 2.75) is 44.8 Å². The number of nitrogens with two attached hydrogens (primary N) is 1. The Balaban J connectivity index is 2.20. The third-order valence-electron chi connectivity index (χ3n) is 2.95. The summed E-state index contributed by atoms with van der Waals surface area (Å²) in [5.41, 5.74) is 7.06. The molecule has 0 saturated carbocycles. The molecule has 0 spiro atoms. The van der Waals surface area contributed by atoms with Gasteiger partial charge < -0.3 is 11.1 Å². The van der Waals surface area contributed by atoms with Crippen LogP contribution >= 0.6 is 0 Å². The van der Waals surface area contributed by atoms with Crippen LogP contribution in [0.15, 0.2) is 12.3 Å². The average molecular weight is 222 g/mol. The number of hydrogen-bond acceptors (Lipinski definition) is 3.